The van der Waals surface area contributed by atoms with E-state index in [0.717, 1.165) is 14.4 Å². The number of methoxy groups -OCH3 is 1. The van der Waals surface area contributed by atoms with Gasteiger partial charge in [-0.15, -0.1) is 0 Å². The van der Waals surface area contributed by atoms with Crippen LogP contribution in [0.25, 0.3) is 6.08 Å². The van der Waals surface area contributed by atoms with Gasteiger partial charge in [-0.1, -0.05) is 13.0 Å². The molecule has 2 aromatic carbocycles. The number of halogens is 1. The zero-order valence-corrected chi connectivity index (χ0v) is 22.8. The second kappa shape index (κ2) is 10.8. The minimum Gasteiger partial charge on any atom is -0.493 e. The highest BCUT2D eigenvalue weighted by molar-refractivity contribution is 14.1. The number of fused-ring (bicyclic) bond motifs is 1. The number of hydrazone groups is 1. The quantitative estimate of drug-likeness (QED) is 0.246. The second-order valence-electron chi connectivity index (χ2n) is 7.84. The minimum atomic E-state index is -0.459. The van der Waals surface area contributed by atoms with Crippen molar-refractivity contribution in [3.05, 3.63) is 56.2 Å². The third kappa shape index (κ3) is 5.53. The number of nitrogens with zero attached hydrogens (tertiary/aromatic N) is 3. The molecule has 0 bridgehead atoms. The van der Waals surface area contributed by atoms with Crippen molar-refractivity contribution in [3.63, 3.8) is 0 Å². The third-order valence-electron chi connectivity index (χ3n) is 5.44. The molecule has 4 rings (SSSR count). The molecule has 2 aliphatic rings. The molecule has 2 aromatic rings. The Kier molecular flexibility index (Phi) is 7.80. The van der Waals surface area contributed by atoms with Gasteiger partial charge >= 0.3 is 0 Å². The van der Waals surface area contributed by atoms with Gasteiger partial charge in [0.2, 0.25) is 5.17 Å². The molecule has 0 saturated heterocycles. The van der Waals surface area contributed by atoms with Crippen LogP contribution in [0.15, 0.2) is 46.0 Å². The highest BCUT2D eigenvalue weighted by Gasteiger charge is 2.35. The van der Waals surface area contributed by atoms with Crippen LogP contribution in [0, 0.1) is 22.8 Å². The maximum Gasteiger partial charge on any atom is 0.283 e. The molecule has 0 aliphatic carbocycles. The number of aryl methyl sites for hydroxylation is 2. The molecule has 1 N–H and O–H groups in total. The van der Waals surface area contributed by atoms with Crippen molar-refractivity contribution in [2.75, 3.05) is 20.3 Å². The number of benzene rings is 2. The number of thioether (sulfide) groups is 1. The van der Waals surface area contributed by atoms with Crippen LogP contribution in [-0.2, 0) is 4.79 Å². The number of aliphatic imine (C=N–C) groups is 1. The summed E-state index contributed by atoms with van der Waals surface area (Å²) >= 11 is 3.49. The lowest BCUT2D eigenvalue weighted by atomic mass is 10.1. The molecule has 0 aromatic heterocycles. The van der Waals surface area contributed by atoms with E-state index < -0.39 is 5.91 Å². The van der Waals surface area contributed by atoms with Gasteiger partial charge < -0.3 is 14.2 Å². The van der Waals surface area contributed by atoms with Crippen LogP contribution in [0.4, 0.5) is 0 Å². The number of rotatable bonds is 8. The molecular formula is C25H25IN4O4S. The van der Waals surface area contributed by atoms with Crippen LogP contribution in [0.5, 0.6) is 17.2 Å². The lowest BCUT2D eigenvalue weighted by Crippen LogP contribution is -2.35. The molecule has 0 unspecified atom stereocenters. The molecule has 8 nitrogen and oxygen atoms in total. The molecule has 0 fully saturated rings. The molecule has 35 heavy (non-hydrogen) atoms. The molecule has 2 heterocycles. The first-order valence-corrected chi connectivity index (χ1v) is 12.9. The van der Waals surface area contributed by atoms with Gasteiger partial charge in [0.25, 0.3) is 5.91 Å². The van der Waals surface area contributed by atoms with E-state index >= 15 is 0 Å². The van der Waals surface area contributed by atoms with Gasteiger partial charge in [-0.25, -0.2) is 0 Å². The SMILES string of the molecule is CCC1=NN2C(=N)C(=Cc3cc(I)c(OCCOc4ccc(C)c(C)c4)c(OC)c3)C(=O)N=C2S1. The third-order valence-corrected chi connectivity index (χ3v) is 7.29. The van der Waals surface area contributed by atoms with Gasteiger partial charge in [0, 0.05) is 0 Å². The van der Waals surface area contributed by atoms with Gasteiger partial charge in [-0.05, 0) is 102 Å². The van der Waals surface area contributed by atoms with Crippen molar-refractivity contribution in [3.8, 4) is 17.2 Å². The maximum absolute atomic E-state index is 12.6. The minimum absolute atomic E-state index is 0.00810. The lowest BCUT2D eigenvalue weighted by molar-refractivity contribution is -0.114. The van der Waals surface area contributed by atoms with Crippen LogP contribution >= 0.6 is 34.4 Å². The zero-order chi connectivity index (χ0) is 25.1. The Labute approximate surface area is 222 Å². The van der Waals surface area contributed by atoms with E-state index in [1.807, 2.05) is 31.2 Å². The number of amidine groups is 2. The molecule has 10 heteroatoms. The Morgan fingerprint density at radius 3 is 2.63 bits per heavy atom. The number of hydrogen-bond donors (Lipinski definition) is 1. The Morgan fingerprint density at radius 1 is 1.14 bits per heavy atom. The van der Waals surface area contributed by atoms with Crippen molar-refractivity contribution in [2.24, 2.45) is 10.1 Å². The number of carbonyl (C=O) groups excluding carboxylic acids is 1. The Bertz CT molecular complexity index is 1290. The summed E-state index contributed by atoms with van der Waals surface area (Å²) in [4.78, 5) is 16.7. The molecule has 0 atom stereocenters. The van der Waals surface area contributed by atoms with E-state index in [4.69, 9.17) is 19.6 Å². The normalized spacial score (nSPS) is 16.3. The molecule has 182 valence electrons. The topological polar surface area (TPSA) is 96.6 Å². The fourth-order valence-corrected chi connectivity index (χ4v) is 5.02. The lowest BCUT2D eigenvalue weighted by Gasteiger charge is -2.20. The highest BCUT2D eigenvalue weighted by atomic mass is 127. The van der Waals surface area contributed by atoms with Gasteiger partial charge in [-0.2, -0.15) is 15.1 Å². The molecule has 2 aliphatic heterocycles. The average Bonchev–Trinajstić information content (AvgIpc) is 3.25. The Balaban J connectivity index is 1.48. The fourth-order valence-electron chi connectivity index (χ4n) is 3.41. The van der Waals surface area contributed by atoms with Crippen molar-refractivity contribution in [1.29, 1.82) is 5.41 Å². The summed E-state index contributed by atoms with van der Waals surface area (Å²) in [5, 5.41) is 15.5. The summed E-state index contributed by atoms with van der Waals surface area (Å²) in [6, 6.07) is 9.63. The predicted molar refractivity (Wildman–Crippen MR) is 148 cm³/mol. The van der Waals surface area contributed by atoms with Crippen molar-refractivity contribution in [1.82, 2.24) is 5.01 Å². The van der Waals surface area contributed by atoms with E-state index in [0.29, 0.717) is 41.9 Å². The van der Waals surface area contributed by atoms with Crippen molar-refractivity contribution < 1.29 is 19.0 Å². The van der Waals surface area contributed by atoms with E-state index in [1.54, 1.807) is 19.3 Å². The molecular weight excluding hydrogens is 579 g/mol. The zero-order valence-electron chi connectivity index (χ0n) is 19.8. The molecule has 1 amide bonds. The maximum atomic E-state index is 12.6. The largest absolute Gasteiger partial charge is 0.493 e. The van der Waals surface area contributed by atoms with Crippen molar-refractivity contribution in [2.45, 2.75) is 27.2 Å². The number of carbonyl (C=O) groups is 1. The predicted octanol–water partition coefficient (Wildman–Crippen LogP) is 5.40. The van der Waals surface area contributed by atoms with Gasteiger partial charge in [0.1, 0.15) is 24.0 Å². The van der Waals surface area contributed by atoms with Crippen LogP contribution in [0.1, 0.15) is 30.0 Å². The van der Waals surface area contributed by atoms with E-state index in [9.17, 15) is 4.79 Å². The van der Waals surface area contributed by atoms with Gasteiger partial charge in [0.15, 0.2) is 17.3 Å². The number of ether oxygens (including phenoxy) is 3. The second-order valence-corrected chi connectivity index (χ2v) is 10.0. The summed E-state index contributed by atoms with van der Waals surface area (Å²) in [7, 11) is 1.56. The first-order valence-electron chi connectivity index (χ1n) is 11.0. The fraction of sp³-hybridized carbons (Fsp3) is 0.280. The number of hydrogen-bond acceptors (Lipinski definition) is 7. The summed E-state index contributed by atoms with van der Waals surface area (Å²) in [5.74, 6) is 1.47. The number of amides is 1. The summed E-state index contributed by atoms with van der Waals surface area (Å²) in [6.45, 7) is 6.81. The van der Waals surface area contributed by atoms with E-state index in [1.165, 1.54) is 27.9 Å². The van der Waals surface area contributed by atoms with Gasteiger partial charge in [-0.3, -0.25) is 10.2 Å². The Hall–Kier alpha value is -2.86. The highest BCUT2D eigenvalue weighted by Crippen LogP contribution is 2.35. The van der Waals surface area contributed by atoms with Crippen LogP contribution in [0.3, 0.4) is 0 Å². The van der Waals surface area contributed by atoms with Gasteiger partial charge in [0.05, 0.1) is 16.3 Å². The van der Waals surface area contributed by atoms with E-state index in [2.05, 4.69) is 46.5 Å². The standard InChI is InChI=1S/C25H25IN4O4S/c1-5-21-29-30-23(27)18(24(31)28-25(30)35-21)11-16-12-19(26)22(20(13-16)32-4)34-9-8-33-17-7-6-14(2)15(3)10-17/h6-7,10-13,27H,5,8-9H2,1-4H3. The molecule has 0 spiro atoms. The monoisotopic (exact) mass is 604 g/mol. The molecule has 0 saturated carbocycles. The summed E-state index contributed by atoms with van der Waals surface area (Å²) < 4.78 is 18.1. The van der Waals surface area contributed by atoms with E-state index in [-0.39, 0.29) is 11.4 Å². The average molecular weight is 604 g/mol. The summed E-state index contributed by atoms with van der Waals surface area (Å²) in [5.41, 5.74) is 3.27. The Morgan fingerprint density at radius 2 is 1.91 bits per heavy atom. The smallest absolute Gasteiger partial charge is 0.283 e. The molecule has 0 radical (unpaired) electrons. The first-order chi connectivity index (χ1) is 16.8. The van der Waals surface area contributed by atoms with Crippen molar-refractivity contribution >= 4 is 62.4 Å². The summed E-state index contributed by atoms with van der Waals surface area (Å²) in [6.07, 6.45) is 2.35. The van der Waals surface area contributed by atoms with Crippen LogP contribution in [0.2, 0.25) is 0 Å². The number of nitrogens with one attached hydrogen (secondary N) is 1. The van der Waals surface area contributed by atoms with Crippen LogP contribution < -0.4 is 14.2 Å². The van der Waals surface area contributed by atoms with Crippen LogP contribution in [-0.4, -0.2) is 47.3 Å². The first kappa shape index (κ1) is 25.2.